The molecule has 0 fully saturated rings. The summed E-state index contributed by atoms with van der Waals surface area (Å²) in [6.07, 6.45) is 2.44. The molecule has 1 atom stereocenters. The van der Waals surface area contributed by atoms with Crippen LogP contribution in [0.4, 0.5) is 4.79 Å². The number of rotatable bonds is 5. The molecule has 7 heteroatoms. The van der Waals surface area contributed by atoms with Gasteiger partial charge in [0.25, 0.3) is 0 Å². The number of carbonyl (C=O) groups excluding carboxylic acids is 1. The number of nitrogens with one attached hydrogen (secondary N) is 1. The minimum atomic E-state index is -1.03. The van der Waals surface area contributed by atoms with Gasteiger partial charge in [0, 0.05) is 33.3 Å². The van der Waals surface area contributed by atoms with Crippen LogP contribution in [0.15, 0.2) is 12.3 Å². The minimum absolute atomic E-state index is 0.402. The van der Waals surface area contributed by atoms with Gasteiger partial charge < -0.3 is 15.3 Å². The molecule has 0 saturated carbocycles. The summed E-state index contributed by atoms with van der Waals surface area (Å²) in [5, 5.41) is 15.6. The topological polar surface area (TPSA) is 87.5 Å². The molecule has 0 aliphatic carbocycles. The Morgan fingerprint density at radius 2 is 2.28 bits per heavy atom. The molecular formula is C11H18N4O3. The molecule has 1 aromatic heterocycles. The maximum Gasteiger partial charge on any atom is 0.326 e. The van der Waals surface area contributed by atoms with Crippen LogP contribution in [0.2, 0.25) is 0 Å². The van der Waals surface area contributed by atoms with E-state index in [9.17, 15) is 9.59 Å². The highest BCUT2D eigenvalue weighted by Gasteiger charge is 2.20. The Kier molecular flexibility index (Phi) is 4.70. The molecule has 1 rings (SSSR count). The second-order valence-corrected chi connectivity index (χ2v) is 4.09. The maximum atomic E-state index is 11.6. The summed E-state index contributed by atoms with van der Waals surface area (Å²) in [6.45, 7) is 1.88. The van der Waals surface area contributed by atoms with Crippen molar-refractivity contribution in [3.63, 3.8) is 0 Å². The summed E-state index contributed by atoms with van der Waals surface area (Å²) in [5.74, 6) is -1.03. The lowest BCUT2D eigenvalue weighted by Gasteiger charge is -2.21. The van der Waals surface area contributed by atoms with E-state index < -0.39 is 18.0 Å². The van der Waals surface area contributed by atoms with Crippen LogP contribution in [0.25, 0.3) is 0 Å². The molecule has 2 amide bonds. The largest absolute Gasteiger partial charge is 0.480 e. The molecule has 0 radical (unpaired) electrons. The number of carbonyl (C=O) groups is 2. The Morgan fingerprint density at radius 1 is 1.61 bits per heavy atom. The summed E-state index contributed by atoms with van der Waals surface area (Å²) in [6, 6.07) is 0.621. The Bertz CT molecular complexity index is 430. The van der Waals surface area contributed by atoms with Gasteiger partial charge in [-0.2, -0.15) is 5.10 Å². The van der Waals surface area contributed by atoms with Crippen LogP contribution in [0.3, 0.4) is 0 Å². The van der Waals surface area contributed by atoms with Crippen LogP contribution in [-0.4, -0.2) is 51.4 Å². The lowest BCUT2D eigenvalue weighted by molar-refractivity contribution is -0.141. The third-order valence-corrected chi connectivity index (χ3v) is 2.68. The van der Waals surface area contributed by atoms with Crippen LogP contribution in [0.5, 0.6) is 0 Å². The molecule has 1 heterocycles. The number of aliphatic carboxylic acids is 1. The van der Waals surface area contributed by atoms with Crippen LogP contribution < -0.4 is 5.32 Å². The molecular weight excluding hydrogens is 236 g/mol. The van der Waals surface area contributed by atoms with Gasteiger partial charge in [0.1, 0.15) is 6.04 Å². The minimum Gasteiger partial charge on any atom is -0.480 e. The number of carboxylic acid groups (broad SMARTS) is 1. The van der Waals surface area contributed by atoms with E-state index in [0.717, 1.165) is 10.6 Å². The van der Waals surface area contributed by atoms with E-state index in [1.165, 1.54) is 14.0 Å². The number of aromatic nitrogens is 2. The highest BCUT2D eigenvalue weighted by atomic mass is 16.4. The second-order valence-electron chi connectivity index (χ2n) is 4.09. The Hall–Kier alpha value is -2.05. The van der Waals surface area contributed by atoms with E-state index in [2.05, 4.69) is 10.4 Å². The summed E-state index contributed by atoms with van der Waals surface area (Å²) in [5.41, 5.74) is 0.881. The lowest BCUT2D eigenvalue weighted by Crippen LogP contribution is -2.46. The van der Waals surface area contributed by atoms with E-state index in [0.29, 0.717) is 13.0 Å². The number of amides is 2. The molecule has 0 aliphatic rings. The number of carboxylic acids is 1. The molecule has 2 N–H and O–H groups in total. The van der Waals surface area contributed by atoms with Crippen molar-refractivity contribution in [2.45, 2.75) is 19.4 Å². The zero-order valence-electron chi connectivity index (χ0n) is 10.8. The van der Waals surface area contributed by atoms with E-state index in [1.54, 1.807) is 4.68 Å². The number of urea groups is 1. The zero-order chi connectivity index (χ0) is 13.7. The highest BCUT2D eigenvalue weighted by Crippen LogP contribution is 1.97. The van der Waals surface area contributed by atoms with Gasteiger partial charge in [0.05, 0.1) is 5.69 Å². The predicted molar refractivity (Wildman–Crippen MR) is 65.2 cm³/mol. The fraction of sp³-hybridized carbons (Fsp3) is 0.545. The Labute approximate surface area is 105 Å². The summed E-state index contributed by atoms with van der Waals surface area (Å²) in [4.78, 5) is 23.5. The van der Waals surface area contributed by atoms with Gasteiger partial charge >= 0.3 is 12.0 Å². The first-order valence-corrected chi connectivity index (χ1v) is 5.64. The first-order valence-electron chi connectivity index (χ1n) is 5.64. The number of aryl methyl sites for hydroxylation is 1. The molecule has 7 nitrogen and oxygen atoms in total. The molecule has 18 heavy (non-hydrogen) atoms. The van der Waals surface area contributed by atoms with E-state index in [1.807, 2.05) is 19.3 Å². The molecule has 0 bridgehead atoms. The quantitative estimate of drug-likeness (QED) is 0.778. The van der Waals surface area contributed by atoms with Crippen molar-refractivity contribution in [3.8, 4) is 0 Å². The van der Waals surface area contributed by atoms with Crippen molar-refractivity contribution in [2.24, 2.45) is 7.05 Å². The normalized spacial score (nSPS) is 11.9. The van der Waals surface area contributed by atoms with Crippen LogP contribution in [0.1, 0.15) is 12.6 Å². The van der Waals surface area contributed by atoms with Crippen molar-refractivity contribution in [2.75, 3.05) is 13.6 Å². The van der Waals surface area contributed by atoms with Crippen molar-refractivity contribution < 1.29 is 14.7 Å². The number of hydrogen-bond acceptors (Lipinski definition) is 3. The average Bonchev–Trinajstić information content (AvgIpc) is 2.72. The Morgan fingerprint density at radius 3 is 2.78 bits per heavy atom. The van der Waals surface area contributed by atoms with Crippen LogP contribution in [-0.2, 0) is 18.3 Å². The number of nitrogens with zero attached hydrogens (tertiary/aromatic N) is 3. The molecule has 0 aromatic carbocycles. The van der Waals surface area contributed by atoms with Crippen molar-refractivity contribution in [1.29, 1.82) is 0 Å². The van der Waals surface area contributed by atoms with Crippen molar-refractivity contribution >= 4 is 12.0 Å². The first kappa shape index (κ1) is 14.0. The SMILES string of the molecule is CC(C(=O)O)N(C)C(=O)NCCc1ccn(C)n1. The Balaban J connectivity index is 2.35. The van der Waals surface area contributed by atoms with Crippen LogP contribution in [0, 0.1) is 0 Å². The van der Waals surface area contributed by atoms with E-state index >= 15 is 0 Å². The molecule has 0 saturated heterocycles. The monoisotopic (exact) mass is 254 g/mol. The molecule has 0 spiro atoms. The second kappa shape index (κ2) is 6.04. The molecule has 1 unspecified atom stereocenters. The van der Waals surface area contributed by atoms with E-state index in [4.69, 9.17) is 5.11 Å². The number of likely N-dealkylation sites (N-methyl/N-ethyl adjacent to an activating group) is 1. The fourth-order valence-electron chi connectivity index (χ4n) is 1.36. The van der Waals surface area contributed by atoms with Gasteiger partial charge in [0.15, 0.2) is 0 Å². The number of hydrogen-bond donors (Lipinski definition) is 2. The predicted octanol–water partition coefficient (Wildman–Crippen LogP) is 0.0771. The van der Waals surface area contributed by atoms with Gasteiger partial charge in [-0.15, -0.1) is 0 Å². The van der Waals surface area contributed by atoms with Gasteiger partial charge in [0.2, 0.25) is 0 Å². The van der Waals surface area contributed by atoms with Crippen LogP contribution >= 0.6 is 0 Å². The lowest BCUT2D eigenvalue weighted by atomic mass is 10.3. The van der Waals surface area contributed by atoms with Gasteiger partial charge in [-0.1, -0.05) is 0 Å². The first-order chi connectivity index (χ1) is 8.41. The highest BCUT2D eigenvalue weighted by molar-refractivity contribution is 5.82. The smallest absolute Gasteiger partial charge is 0.326 e. The molecule has 100 valence electrons. The summed E-state index contributed by atoms with van der Waals surface area (Å²) < 4.78 is 1.69. The van der Waals surface area contributed by atoms with Gasteiger partial charge in [-0.25, -0.2) is 9.59 Å². The summed E-state index contributed by atoms with van der Waals surface area (Å²) in [7, 11) is 3.28. The van der Waals surface area contributed by atoms with Gasteiger partial charge in [-0.3, -0.25) is 4.68 Å². The zero-order valence-corrected chi connectivity index (χ0v) is 10.8. The standard InChI is InChI=1S/C11H18N4O3/c1-8(10(16)17)15(3)11(18)12-6-4-9-5-7-14(2)13-9/h5,7-8H,4,6H2,1-3H3,(H,12,18)(H,16,17). The fourth-order valence-corrected chi connectivity index (χ4v) is 1.36. The van der Waals surface area contributed by atoms with Crippen molar-refractivity contribution in [1.82, 2.24) is 20.0 Å². The molecule has 1 aromatic rings. The maximum absolute atomic E-state index is 11.6. The average molecular weight is 254 g/mol. The third kappa shape index (κ3) is 3.76. The van der Waals surface area contributed by atoms with E-state index in [-0.39, 0.29) is 0 Å². The molecule has 0 aliphatic heterocycles. The van der Waals surface area contributed by atoms with Gasteiger partial charge in [-0.05, 0) is 13.0 Å². The van der Waals surface area contributed by atoms with Crippen molar-refractivity contribution in [3.05, 3.63) is 18.0 Å². The third-order valence-electron chi connectivity index (χ3n) is 2.68. The summed E-state index contributed by atoms with van der Waals surface area (Å²) >= 11 is 0.